The summed E-state index contributed by atoms with van der Waals surface area (Å²) in [4.78, 5) is 0. The van der Waals surface area contributed by atoms with Crippen LogP contribution >= 0.6 is 0 Å². The van der Waals surface area contributed by atoms with E-state index in [2.05, 4.69) is 47.1 Å². The number of rotatable bonds is 11. The van der Waals surface area contributed by atoms with Gasteiger partial charge in [0.15, 0.2) is 0 Å². The van der Waals surface area contributed by atoms with Crippen molar-refractivity contribution in [2.24, 2.45) is 11.8 Å². The summed E-state index contributed by atoms with van der Waals surface area (Å²) in [6, 6.07) is 0. The summed E-state index contributed by atoms with van der Waals surface area (Å²) in [5, 5.41) is 20.8. The van der Waals surface area contributed by atoms with Crippen molar-refractivity contribution in [1.82, 2.24) is 0 Å². The smallest absolute Gasteiger partial charge is 0.106 e. The molecule has 0 saturated heterocycles. The van der Waals surface area contributed by atoms with Gasteiger partial charge in [-0.25, -0.2) is 0 Å². The molecular formula is C27H47O3-. The van der Waals surface area contributed by atoms with Crippen molar-refractivity contribution in [2.75, 3.05) is 0 Å². The number of aliphatic hydroxyl groups is 2. The number of ether oxygens (including phenoxy) is 1. The van der Waals surface area contributed by atoms with E-state index in [1.165, 1.54) is 16.9 Å². The maximum absolute atomic E-state index is 10.5. The van der Waals surface area contributed by atoms with E-state index in [9.17, 15) is 10.2 Å². The Kier molecular flexibility index (Phi) is 9.49. The van der Waals surface area contributed by atoms with E-state index in [1.54, 1.807) is 0 Å². The Morgan fingerprint density at radius 2 is 2.00 bits per heavy atom. The normalized spacial score (nSPS) is 31.9. The fraction of sp³-hybridized carbons (Fsp3) is 0.815. The predicted molar refractivity (Wildman–Crippen MR) is 126 cm³/mol. The van der Waals surface area contributed by atoms with Crippen LogP contribution in [0.5, 0.6) is 0 Å². The molecule has 3 heteroatoms. The van der Waals surface area contributed by atoms with Crippen LogP contribution in [0.25, 0.3) is 0 Å². The van der Waals surface area contributed by atoms with Gasteiger partial charge in [0, 0.05) is 5.92 Å². The third kappa shape index (κ3) is 7.41. The van der Waals surface area contributed by atoms with Crippen molar-refractivity contribution >= 4 is 0 Å². The highest BCUT2D eigenvalue weighted by Gasteiger charge is 2.40. The van der Waals surface area contributed by atoms with Crippen LogP contribution in [0.15, 0.2) is 23.0 Å². The van der Waals surface area contributed by atoms with Gasteiger partial charge in [-0.3, -0.25) is 0 Å². The van der Waals surface area contributed by atoms with Gasteiger partial charge in [-0.15, -0.1) is 0 Å². The number of allylic oxidation sites excluding steroid dienone is 3. The lowest BCUT2D eigenvalue weighted by Gasteiger charge is -2.44. The van der Waals surface area contributed by atoms with E-state index in [4.69, 9.17) is 4.74 Å². The van der Waals surface area contributed by atoms with E-state index in [1.807, 2.05) is 6.92 Å². The fourth-order valence-electron chi connectivity index (χ4n) is 5.02. The zero-order valence-electron chi connectivity index (χ0n) is 20.5. The molecule has 2 rings (SSSR count). The predicted octanol–water partition coefficient (Wildman–Crippen LogP) is 6.89. The van der Waals surface area contributed by atoms with Crippen LogP contribution in [0.3, 0.4) is 0 Å². The highest BCUT2D eigenvalue weighted by Crippen LogP contribution is 2.45. The topological polar surface area (TPSA) is 49.7 Å². The summed E-state index contributed by atoms with van der Waals surface area (Å²) in [5.74, 6) is 1.75. The lowest BCUT2D eigenvalue weighted by molar-refractivity contribution is -0.0493. The fourth-order valence-corrected chi connectivity index (χ4v) is 5.02. The molecule has 0 fully saturated rings. The van der Waals surface area contributed by atoms with Crippen LogP contribution in [0.4, 0.5) is 0 Å². The molecule has 5 atom stereocenters. The molecule has 0 aromatic carbocycles. The summed E-state index contributed by atoms with van der Waals surface area (Å²) in [6.07, 6.45) is 15.3. The number of unbranched alkanes of at least 4 members (excludes halogenated alkanes) is 2. The minimum absolute atomic E-state index is 0.0914. The van der Waals surface area contributed by atoms with Gasteiger partial charge in [0.2, 0.25) is 0 Å². The Balaban J connectivity index is 1.77. The monoisotopic (exact) mass is 419 g/mol. The summed E-state index contributed by atoms with van der Waals surface area (Å²) < 4.78 is 6.57. The Hall–Kier alpha value is -0.800. The molecule has 30 heavy (non-hydrogen) atoms. The zero-order valence-corrected chi connectivity index (χ0v) is 20.5. The number of hydrogen-bond acceptors (Lipinski definition) is 3. The lowest BCUT2D eigenvalue weighted by atomic mass is 9.75. The zero-order chi connectivity index (χ0) is 22.4. The van der Waals surface area contributed by atoms with Gasteiger partial charge in [-0.05, 0) is 90.0 Å². The molecule has 0 aromatic heterocycles. The molecular weight excluding hydrogens is 372 g/mol. The average molecular weight is 420 g/mol. The van der Waals surface area contributed by atoms with Gasteiger partial charge < -0.3 is 21.4 Å². The molecule has 2 N–H and O–H groups in total. The molecule has 0 saturated carbocycles. The van der Waals surface area contributed by atoms with Crippen LogP contribution in [-0.2, 0) is 4.74 Å². The molecule has 5 unspecified atom stereocenters. The molecule has 1 aliphatic heterocycles. The third-order valence-electron chi connectivity index (χ3n) is 7.59. The molecule has 0 bridgehead atoms. The van der Waals surface area contributed by atoms with Crippen molar-refractivity contribution in [1.29, 1.82) is 0 Å². The van der Waals surface area contributed by atoms with Gasteiger partial charge in [-0.2, -0.15) is 13.3 Å². The molecule has 174 valence electrons. The van der Waals surface area contributed by atoms with Crippen molar-refractivity contribution in [3.05, 3.63) is 29.4 Å². The minimum atomic E-state index is -0.528. The van der Waals surface area contributed by atoms with Gasteiger partial charge in [0.1, 0.15) is 5.60 Å². The molecule has 1 heterocycles. The Morgan fingerprint density at radius 3 is 2.70 bits per heavy atom. The Labute approximate surface area is 186 Å². The van der Waals surface area contributed by atoms with Gasteiger partial charge in [0.25, 0.3) is 0 Å². The molecule has 0 spiro atoms. The van der Waals surface area contributed by atoms with Gasteiger partial charge >= 0.3 is 0 Å². The van der Waals surface area contributed by atoms with Crippen molar-refractivity contribution in [3.63, 3.8) is 0 Å². The van der Waals surface area contributed by atoms with Gasteiger partial charge in [0.05, 0.1) is 17.5 Å². The first-order valence-electron chi connectivity index (χ1n) is 12.3. The number of aliphatic hydroxyl groups excluding tert-OH is 1. The third-order valence-corrected chi connectivity index (χ3v) is 7.59. The van der Waals surface area contributed by atoms with Crippen LogP contribution in [0.1, 0.15) is 112 Å². The van der Waals surface area contributed by atoms with Crippen molar-refractivity contribution in [2.45, 2.75) is 129 Å². The average Bonchev–Trinajstić information content (AvgIpc) is 2.67. The quantitative estimate of drug-likeness (QED) is 0.218. The first-order valence-corrected chi connectivity index (χ1v) is 12.3. The minimum Gasteiger partial charge on any atom is -0.492 e. The second kappa shape index (κ2) is 11.2. The summed E-state index contributed by atoms with van der Waals surface area (Å²) in [6.45, 7) is 12.9. The maximum Gasteiger partial charge on any atom is 0.106 e. The first kappa shape index (κ1) is 25.5. The van der Waals surface area contributed by atoms with Gasteiger partial charge in [-0.1, -0.05) is 31.9 Å². The molecule has 0 amide bonds. The second-order valence-corrected chi connectivity index (χ2v) is 10.7. The van der Waals surface area contributed by atoms with Crippen LogP contribution < -0.4 is 0 Å². The highest BCUT2D eigenvalue weighted by atomic mass is 16.5. The standard InChI is InChI=1S/C27H47O3/c1-7-8-9-15-26(5,29)16-10-12-20(2)13-11-17-27(6)18-14-23-19-24(28)21(3)22(4)25(23)30-27/h7,13,21-22,24,28-29H,8-12,14-19H2,1-6H3/q-1/b20-13+. The van der Waals surface area contributed by atoms with E-state index in [-0.39, 0.29) is 17.6 Å². The molecule has 1 aliphatic carbocycles. The van der Waals surface area contributed by atoms with Crippen molar-refractivity contribution < 1.29 is 14.9 Å². The maximum atomic E-state index is 10.5. The summed E-state index contributed by atoms with van der Waals surface area (Å²) in [7, 11) is 0. The Morgan fingerprint density at radius 1 is 1.30 bits per heavy atom. The van der Waals surface area contributed by atoms with Crippen molar-refractivity contribution in [3.8, 4) is 0 Å². The van der Waals surface area contributed by atoms with E-state index in [0.29, 0.717) is 5.92 Å². The molecule has 0 radical (unpaired) electrons. The second-order valence-electron chi connectivity index (χ2n) is 10.7. The lowest BCUT2D eigenvalue weighted by Crippen LogP contribution is -2.40. The van der Waals surface area contributed by atoms with E-state index in [0.717, 1.165) is 70.6 Å². The van der Waals surface area contributed by atoms with E-state index >= 15 is 0 Å². The molecule has 0 aromatic rings. The number of hydrogen-bond donors (Lipinski definition) is 2. The van der Waals surface area contributed by atoms with E-state index < -0.39 is 5.60 Å². The molecule has 3 nitrogen and oxygen atoms in total. The van der Waals surface area contributed by atoms with Crippen LogP contribution in [-0.4, -0.2) is 27.5 Å². The first-order chi connectivity index (χ1) is 14.1. The SMILES string of the molecule is C[CH-]CCCC(C)(O)CCC/C(C)=C/CCC1(C)CCC2=C(O1)C(C)C(C)C(O)C2. The summed E-state index contributed by atoms with van der Waals surface area (Å²) in [5.41, 5.74) is 2.15. The van der Waals surface area contributed by atoms with Crippen LogP contribution in [0, 0.1) is 18.3 Å². The highest BCUT2D eigenvalue weighted by molar-refractivity contribution is 5.21. The Bertz CT molecular complexity index is 603. The summed E-state index contributed by atoms with van der Waals surface area (Å²) >= 11 is 0. The largest absolute Gasteiger partial charge is 0.492 e. The molecule has 2 aliphatic rings. The van der Waals surface area contributed by atoms with Crippen LogP contribution in [0.2, 0.25) is 0 Å².